The van der Waals surface area contributed by atoms with Crippen LogP contribution in [0.15, 0.2) is 34.8 Å². The summed E-state index contributed by atoms with van der Waals surface area (Å²) in [6.07, 6.45) is -3.09. The number of allylic oxidation sites excluding steroid dienone is 2. The molecule has 2 rings (SSSR count). The van der Waals surface area contributed by atoms with Gasteiger partial charge in [-0.05, 0) is 38.8 Å². The Morgan fingerprint density at radius 1 is 1.21 bits per heavy atom. The van der Waals surface area contributed by atoms with Crippen LogP contribution in [0.1, 0.15) is 71.5 Å². The van der Waals surface area contributed by atoms with E-state index < -0.39 is 71.4 Å². The van der Waals surface area contributed by atoms with Crippen LogP contribution < -0.4 is 0 Å². The molecule has 212 valence electrons. The van der Waals surface area contributed by atoms with E-state index in [-0.39, 0.29) is 6.42 Å². The van der Waals surface area contributed by atoms with Crippen LogP contribution in [0.5, 0.6) is 0 Å². The van der Waals surface area contributed by atoms with Crippen LogP contribution in [0.2, 0.25) is 0 Å². The van der Waals surface area contributed by atoms with Gasteiger partial charge in [-0.3, -0.25) is 9.59 Å². The summed E-state index contributed by atoms with van der Waals surface area (Å²) in [4.78, 5) is 30.5. The Morgan fingerprint density at radius 3 is 2.39 bits per heavy atom. The van der Waals surface area contributed by atoms with E-state index >= 15 is 0 Å². The molecule has 1 aliphatic rings. The summed E-state index contributed by atoms with van der Waals surface area (Å²) < 4.78 is 47.4. The van der Waals surface area contributed by atoms with E-state index in [0.29, 0.717) is 11.3 Å². The second kappa shape index (κ2) is 12.3. The molecular weight excluding hydrogens is 519 g/mol. The van der Waals surface area contributed by atoms with E-state index in [2.05, 4.69) is 4.98 Å². The maximum Gasteiger partial charge on any atom is 0.412 e. The van der Waals surface area contributed by atoms with Crippen LogP contribution in [0.3, 0.4) is 0 Å². The molecule has 0 saturated carbocycles. The third-order valence-corrected chi connectivity index (χ3v) is 8.14. The standard InChI is InChI=1S/C28H38F3NO5S/c1-16-9-8-10-20(28(29,30)31)11-12-27(7,17(2)13-21-15-38-19(4)32-21)37-23(34)14-22(33)26(5,6)25(36)18(3)24(16)35/h8-9,11,13,15-16,18,22,24,33,35H,10,12,14H2,1-7H3/t16-,18+,22-,24-,27-/m0/s1. The Kier molecular flexibility index (Phi) is 10.3. The predicted molar refractivity (Wildman–Crippen MR) is 141 cm³/mol. The van der Waals surface area contributed by atoms with Gasteiger partial charge >= 0.3 is 12.1 Å². The number of alkyl halides is 3. The van der Waals surface area contributed by atoms with Gasteiger partial charge in [-0.15, -0.1) is 11.3 Å². The lowest BCUT2D eigenvalue weighted by atomic mass is 9.73. The van der Waals surface area contributed by atoms with Crippen LogP contribution in [-0.2, 0) is 14.3 Å². The van der Waals surface area contributed by atoms with E-state index in [1.54, 1.807) is 25.3 Å². The highest BCUT2D eigenvalue weighted by molar-refractivity contribution is 7.09. The van der Waals surface area contributed by atoms with Crippen molar-refractivity contribution in [2.45, 2.75) is 91.7 Å². The number of esters is 1. The number of ketones is 1. The average Bonchev–Trinajstić information content (AvgIpc) is 3.22. The first kappa shape index (κ1) is 31.9. The molecule has 0 unspecified atom stereocenters. The Balaban J connectivity index is 2.58. The lowest BCUT2D eigenvalue weighted by Crippen LogP contribution is -2.46. The minimum absolute atomic E-state index is 0.277. The van der Waals surface area contributed by atoms with Gasteiger partial charge in [-0.2, -0.15) is 13.2 Å². The van der Waals surface area contributed by atoms with Crippen LogP contribution in [0, 0.1) is 24.2 Å². The summed E-state index contributed by atoms with van der Waals surface area (Å²) in [6.45, 7) is 11.1. The lowest BCUT2D eigenvalue weighted by Gasteiger charge is -2.35. The van der Waals surface area contributed by atoms with Gasteiger partial charge in [0.1, 0.15) is 11.4 Å². The van der Waals surface area contributed by atoms with Gasteiger partial charge in [-0.1, -0.05) is 45.9 Å². The number of aromatic nitrogens is 1. The average molecular weight is 558 g/mol. The van der Waals surface area contributed by atoms with E-state index in [4.69, 9.17) is 4.74 Å². The number of Topliss-reactive ketones (excluding diaryl/α,β-unsaturated/α-hetero) is 1. The van der Waals surface area contributed by atoms with Crippen molar-refractivity contribution < 1.29 is 37.7 Å². The Morgan fingerprint density at radius 2 is 1.84 bits per heavy atom. The zero-order valence-corrected chi connectivity index (χ0v) is 23.7. The van der Waals surface area contributed by atoms with Gasteiger partial charge < -0.3 is 14.9 Å². The number of rotatable bonds is 2. The zero-order chi connectivity index (χ0) is 29.1. The largest absolute Gasteiger partial charge is 0.454 e. The third kappa shape index (κ3) is 7.86. The van der Waals surface area contributed by atoms with Crippen LogP contribution in [0.25, 0.3) is 6.08 Å². The van der Waals surface area contributed by atoms with Crippen molar-refractivity contribution in [2.75, 3.05) is 0 Å². The Bertz CT molecular complexity index is 1100. The maximum atomic E-state index is 13.9. The van der Waals surface area contributed by atoms with Crippen molar-refractivity contribution >= 4 is 29.2 Å². The quantitative estimate of drug-likeness (QED) is 0.343. The first-order chi connectivity index (χ1) is 17.4. The predicted octanol–water partition coefficient (Wildman–Crippen LogP) is 5.97. The first-order valence-corrected chi connectivity index (χ1v) is 13.4. The van der Waals surface area contributed by atoms with Crippen LogP contribution >= 0.6 is 11.3 Å². The van der Waals surface area contributed by atoms with Crippen LogP contribution in [-0.4, -0.2) is 50.9 Å². The summed E-state index contributed by atoms with van der Waals surface area (Å²) in [7, 11) is 0. The third-order valence-electron chi connectivity index (χ3n) is 7.35. The Labute approximate surface area is 226 Å². The molecule has 5 atom stereocenters. The molecule has 0 spiro atoms. The molecule has 6 nitrogen and oxygen atoms in total. The number of carbonyl (C=O) groups excluding carboxylic acids is 2. The molecule has 1 aromatic heterocycles. The fourth-order valence-corrected chi connectivity index (χ4v) is 4.90. The molecule has 0 saturated heterocycles. The Hall–Kier alpha value is -2.30. The highest BCUT2D eigenvalue weighted by Crippen LogP contribution is 2.36. The number of halogens is 3. The molecule has 0 aliphatic carbocycles. The molecule has 0 bridgehead atoms. The van der Waals surface area contributed by atoms with E-state index in [1.807, 2.05) is 6.92 Å². The van der Waals surface area contributed by atoms with Crippen molar-refractivity contribution in [3.63, 3.8) is 0 Å². The fourth-order valence-electron chi connectivity index (χ4n) is 4.33. The summed E-state index contributed by atoms with van der Waals surface area (Å²) in [5, 5.41) is 24.1. The van der Waals surface area contributed by atoms with E-state index in [0.717, 1.165) is 11.1 Å². The summed E-state index contributed by atoms with van der Waals surface area (Å²) in [5.41, 5.74) is -2.63. The normalized spacial score (nSPS) is 30.6. The molecule has 0 radical (unpaired) electrons. The lowest BCUT2D eigenvalue weighted by molar-refractivity contribution is -0.160. The topological polar surface area (TPSA) is 96.7 Å². The first-order valence-electron chi connectivity index (χ1n) is 12.5. The van der Waals surface area contributed by atoms with Gasteiger partial charge in [0, 0.05) is 29.2 Å². The number of nitrogens with zero attached hydrogens (tertiary/aromatic N) is 1. The number of carbonyl (C=O) groups is 2. The maximum absolute atomic E-state index is 13.9. The second-order valence-corrected chi connectivity index (χ2v) is 11.9. The van der Waals surface area contributed by atoms with Crippen molar-refractivity contribution in [3.05, 3.63) is 45.5 Å². The molecule has 10 heteroatoms. The number of aliphatic hydroxyl groups is 2. The number of cyclic esters (lactones) is 1. The minimum atomic E-state index is -4.63. The molecule has 38 heavy (non-hydrogen) atoms. The number of ether oxygens (including phenoxy) is 1. The molecule has 1 aromatic rings. The zero-order valence-electron chi connectivity index (χ0n) is 22.9. The van der Waals surface area contributed by atoms with Crippen LogP contribution in [0.4, 0.5) is 13.2 Å². The molecule has 2 N–H and O–H groups in total. The van der Waals surface area contributed by atoms with Gasteiger partial charge in [0.25, 0.3) is 0 Å². The van der Waals surface area contributed by atoms with Gasteiger partial charge in [0.05, 0.1) is 34.7 Å². The number of aliphatic hydroxyl groups excluding tert-OH is 2. The number of hydrogen-bond acceptors (Lipinski definition) is 7. The van der Waals surface area contributed by atoms with Crippen molar-refractivity contribution in [1.29, 1.82) is 0 Å². The monoisotopic (exact) mass is 557 g/mol. The smallest absolute Gasteiger partial charge is 0.412 e. The summed E-state index contributed by atoms with van der Waals surface area (Å²) in [6, 6.07) is 0. The number of aryl methyl sites for hydroxylation is 1. The summed E-state index contributed by atoms with van der Waals surface area (Å²) >= 11 is 1.41. The highest BCUT2D eigenvalue weighted by Gasteiger charge is 2.43. The SMILES string of the molecule is CC(=Cc1csc(C)n1)[C@]1(C)CC=C(C(F)(F)F)CC=C[C@H](C)[C@H](O)[C@@H](C)C(=O)C(C)(C)[C@@H](O)CC(=O)O1. The van der Waals surface area contributed by atoms with Crippen molar-refractivity contribution in [3.8, 4) is 0 Å². The fraction of sp³-hybridized carbons (Fsp3) is 0.607. The van der Waals surface area contributed by atoms with Crippen molar-refractivity contribution in [2.24, 2.45) is 17.3 Å². The van der Waals surface area contributed by atoms with Crippen molar-refractivity contribution in [1.82, 2.24) is 4.98 Å². The van der Waals surface area contributed by atoms with E-state index in [9.17, 15) is 33.0 Å². The molecule has 0 fully saturated rings. The molecule has 0 aromatic carbocycles. The highest BCUT2D eigenvalue weighted by atomic mass is 32.1. The molecule has 2 heterocycles. The molecule has 0 amide bonds. The minimum Gasteiger partial charge on any atom is -0.454 e. The molecular formula is C28H38F3NO5S. The number of hydrogen-bond donors (Lipinski definition) is 2. The second-order valence-electron chi connectivity index (χ2n) is 10.8. The number of thiazole rings is 1. The molecule has 1 aliphatic heterocycles. The van der Waals surface area contributed by atoms with Gasteiger partial charge in [-0.25, -0.2) is 4.98 Å². The van der Waals surface area contributed by atoms with Gasteiger partial charge in [0.15, 0.2) is 0 Å². The van der Waals surface area contributed by atoms with E-state index in [1.165, 1.54) is 51.2 Å². The van der Waals surface area contributed by atoms with Gasteiger partial charge in [0.2, 0.25) is 0 Å². The summed E-state index contributed by atoms with van der Waals surface area (Å²) in [5.74, 6) is -2.88.